The number of aromatic nitrogens is 1. The summed E-state index contributed by atoms with van der Waals surface area (Å²) < 4.78 is 41.7. The van der Waals surface area contributed by atoms with Crippen molar-refractivity contribution in [1.29, 1.82) is 0 Å². The Morgan fingerprint density at radius 3 is 2.26 bits per heavy atom. The summed E-state index contributed by atoms with van der Waals surface area (Å²) in [5.41, 5.74) is 0.129. The average Bonchev–Trinajstić information content (AvgIpc) is 2.96. The van der Waals surface area contributed by atoms with Crippen LogP contribution in [-0.2, 0) is 25.3 Å². The summed E-state index contributed by atoms with van der Waals surface area (Å²) >= 11 is 0. The van der Waals surface area contributed by atoms with Crippen LogP contribution in [0.15, 0.2) is 24.3 Å². The molecule has 3 N–H and O–H groups in total. The van der Waals surface area contributed by atoms with Gasteiger partial charge in [-0.1, -0.05) is 18.2 Å². The molecule has 1 heterocycles. The van der Waals surface area contributed by atoms with Crippen molar-refractivity contribution < 1.29 is 32.3 Å². The highest BCUT2D eigenvalue weighted by Gasteiger charge is 2.34. The molecule has 0 fully saturated rings. The SMILES string of the molecule is COC(=O)CNC(=O)CNC(C)=O.Cc1c(C(F)(F)F)[nH]c2ccccc12. The molecule has 2 aromatic rings. The second-order valence-electron chi connectivity index (χ2n) is 5.43. The molecule has 0 aliphatic heterocycles. The normalized spacial score (nSPS) is 10.6. The number of fused-ring (bicyclic) bond motifs is 1. The van der Waals surface area contributed by atoms with Crippen molar-refractivity contribution in [2.45, 2.75) is 20.0 Å². The lowest BCUT2D eigenvalue weighted by Gasteiger charge is -2.04. The van der Waals surface area contributed by atoms with Crippen LogP contribution in [0.4, 0.5) is 13.2 Å². The van der Waals surface area contributed by atoms with Gasteiger partial charge in [0.25, 0.3) is 0 Å². The van der Waals surface area contributed by atoms with E-state index in [0.29, 0.717) is 10.9 Å². The average molecular weight is 387 g/mol. The number of hydrogen-bond acceptors (Lipinski definition) is 4. The third-order valence-electron chi connectivity index (χ3n) is 3.40. The number of aryl methyl sites for hydroxylation is 1. The van der Waals surface area contributed by atoms with Crippen LogP contribution in [0.5, 0.6) is 0 Å². The number of carbonyl (C=O) groups is 3. The third-order valence-corrected chi connectivity index (χ3v) is 3.40. The quantitative estimate of drug-likeness (QED) is 0.698. The summed E-state index contributed by atoms with van der Waals surface area (Å²) in [6.45, 7) is 2.45. The predicted molar refractivity (Wildman–Crippen MR) is 91.7 cm³/mol. The summed E-state index contributed by atoms with van der Waals surface area (Å²) in [7, 11) is 1.22. The molecule has 148 valence electrons. The van der Waals surface area contributed by atoms with Crippen molar-refractivity contribution in [3.63, 3.8) is 0 Å². The smallest absolute Gasteiger partial charge is 0.431 e. The minimum atomic E-state index is -4.30. The summed E-state index contributed by atoms with van der Waals surface area (Å²) in [6, 6.07) is 6.75. The van der Waals surface area contributed by atoms with E-state index in [-0.39, 0.29) is 24.6 Å². The number of nitrogens with one attached hydrogen (secondary N) is 3. The number of benzene rings is 1. The minimum absolute atomic E-state index is 0.133. The number of carbonyl (C=O) groups excluding carboxylic acids is 3. The van der Waals surface area contributed by atoms with E-state index in [4.69, 9.17) is 0 Å². The molecule has 27 heavy (non-hydrogen) atoms. The maximum absolute atomic E-state index is 12.5. The first-order valence-electron chi connectivity index (χ1n) is 7.78. The Kier molecular flexibility index (Phi) is 7.82. The molecular formula is C17H20F3N3O4. The fourth-order valence-electron chi connectivity index (χ4n) is 2.08. The fourth-order valence-corrected chi connectivity index (χ4v) is 2.08. The molecule has 2 amide bonds. The lowest BCUT2D eigenvalue weighted by atomic mass is 10.1. The Hall–Kier alpha value is -3.04. The van der Waals surface area contributed by atoms with E-state index in [2.05, 4.69) is 20.4 Å². The molecule has 0 bridgehead atoms. The van der Waals surface area contributed by atoms with E-state index in [9.17, 15) is 27.6 Å². The summed E-state index contributed by atoms with van der Waals surface area (Å²) in [5, 5.41) is 5.17. The minimum Gasteiger partial charge on any atom is -0.468 e. The molecule has 0 spiro atoms. The number of halogens is 3. The van der Waals surface area contributed by atoms with Gasteiger partial charge in [0.15, 0.2) is 0 Å². The number of methoxy groups -OCH3 is 1. The number of ether oxygens (including phenoxy) is 1. The zero-order chi connectivity index (χ0) is 20.6. The number of amides is 2. The van der Waals surface area contributed by atoms with Gasteiger partial charge in [-0.3, -0.25) is 14.4 Å². The predicted octanol–water partition coefficient (Wildman–Crippen LogP) is 1.91. The van der Waals surface area contributed by atoms with Gasteiger partial charge >= 0.3 is 12.1 Å². The molecule has 1 aromatic carbocycles. The Morgan fingerprint density at radius 1 is 1.11 bits per heavy atom. The van der Waals surface area contributed by atoms with E-state index in [0.717, 1.165) is 0 Å². The molecule has 2 rings (SSSR count). The summed E-state index contributed by atoms with van der Waals surface area (Å²) in [5.74, 6) is -1.26. The first-order chi connectivity index (χ1) is 12.6. The van der Waals surface area contributed by atoms with Crippen LogP contribution in [-0.4, -0.2) is 43.0 Å². The van der Waals surface area contributed by atoms with E-state index >= 15 is 0 Å². The topological polar surface area (TPSA) is 100 Å². The van der Waals surface area contributed by atoms with Gasteiger partial charge in [-0.25, -0.2) is 0 Å². The Bertz CT molecular complexity index is 815. The van der Waals surface area contributed by atoms with Crippen LogP contribution >= 0.6 is 0 Å². The molecular weight excluding hydrogens is 367 g/mol. The maximum Gasteiger partial charge on any atom is 0.431 e. The third kappa shape index (κ3) is 7.00. The van der Waals surface area contributed by atoms with Gasteiger partial charge in [-0.05, 0) is 18.6 Å². The van der Waals surface area contributed by atoms with E-state index in [1.807, 2.05) is 0 Å². The number of para-hydroxylation sites is 1. The Morgan fingerprint density at radius 2 is 1.74 bits per heavy atom. The van der Waals surface area contributed by atoms with Crippen molar-refractivity contribution in [1.82, 2.24) is 15.6 Å². The molecule has 0 unspecified atom stereocenters. The Balaban J connectivity index is 0.000000271. The molecule has 0 radical (unpaired) electrons. The molecule has 1 aromatic heterocycles. The highest BCUT2D eigenvalue weighted by atomic mass is 19.4. The van der Waals surface area contributed by atoms with Crippen molar-refractivity contribution in [3.05, 3.63) is 35.5 Å². The van der Waals surface area contributed by atoms with Crippen LogP contribution in [0.1, 0.15) is 18.2 Å². The number of esters is 1. The fraction of sp³-hybridized carbons (Fsp3) is 0.353. The lowest BCUT2D eigenvalue weighted by Crippen LogP contribution is -2.38. The van der Waals surface area contributed by atoms with Crippen LogP contribution in [0.2, 0.25) is 0 Å². The zero-order valence-corrected chi connectivity index (χ0v) is 15.0. The highest BCUT2D eigenvalue weighted by Crippen LogP contribution is 2.34. The zero-order valence-electron chi connectivity index (χ0n) is 15.0. The van der Waals surface area contributed by atoms with Crippen LogP contribution in [0, 0.1) is 6.92 Å². The van der Waals surface area contributed by atoms with Gasteiger partial charge in [0.05, 0.1) is 13.7 Å². The summed E-state index contributed by atoms with van der Waals surface area (Å²) in [4.78, 5) is 34.1. The molecule has 0 atom stereocenters. The lowest BCUT2D eigenvalue weighted by molar-refractivity contribution is -0.141. The molecule has 10 heteroatoms. The van der Waals surface area contributed by atoms with E-state index in [1.54, 1.807) is 24.3 Å². The van der Waals surface area contributed by atoms with Crippen molar-refractivity contribution >= 4 is 28.7 Å². The van der Waals surface area contributed by atoms with E-state index < -0.39 is 23.7 Å². The van der Waals surface area contributed by atoms with Gasteiger partial charge in [0.1, 0.15) is 12.2 Å². The van der Waals surface area contributed by atoms with Crippen LogP contribution in [0.3, 0.4) is 0 Å². The van der Waals surface area contributed by atoms with Gasteiger partial charge in [-0.15, -0.1) is 0 Å². The molecule has 0 aliphatic rings. The second-order valence-corrected chi connectivity index (χ2v) is 5.43. The maximum atomic E-state index is 12.5. The van der Waals surface area contributed by atoms with Crippen molar-refractivity contribution in [3.8, 4) is 0 Å². The molecule has 0 saturated heterocycles. The first-order valence-corrected chi connectivity index (χ1v) is 7.78. The van der Waals surface area contributed by atoms with Gasteiger partial charge < -0.3 is 20.4 Å². The number of H-pyrrole nitrogens is 1. The number of rotatable bonds is 4. The van der Waals surface area contributed by atoms with Gasteiger partial charge in [-0.2, -0.15) is 13.2 Å². The largest absolute Gasteiger partial charge is 0.468 e. The van der Waals surface area contributed by atoms with Crippen molar-refractivity contribution in [2.75, 3.05) is 20.2 Å². The monoisotopic (exact) mass is 387 g/mol. The van der Waals surface area contributed by atoms with Gasteiger partial charge in [0, 0.05) is 17.8 Å². The number of aromatic amines is 1. The highest BCUT2D eigenvalue weighted by molar-refractivity contribution is 5.86. The summed E-state index contributed by atoms with van der Waals surface area (Å²) in [6.07, 6.45) is -4.30. The van der Waals surface area contributed by atoms with E-state index in [1.165, 1.54) is 21.0 Å². The molecule has 0 saturated carbocycles. The first kappa shape index (κ1) is 22.0. The number of hydrogen-bond donors (Lipinski definition) is 3. The molecule has 0 aliphatic carbocycles. The van der Waals surface area contributed by atoms with Crippen molar-refractivity contribution in [2.24, 2.45) is 0 Å². The number of alkyl halides is 3. The second kappa shape index (κ2) is 9.60. The Labute approximate surface area is 153 Å². The van der Waals surface area contributed by atoms with Gasteiger partial charge in [0.2, 0.25) is 11.8 Å². The molecule has 7 nitrogen and oxygen atoms in total. The van der Waals surface area contributed by atoms with Crippen LogP contribution < -0.4 is 10.6 Å². The standard InChI is InChI=1S/C10H8F3N.C7H12N2O4/c1-6-7-4-2-3-5-8(7)14-9(6)10(11,12)13;1-5(10)8-3-6(11)9-4-7(12)13-2/h2-5,14H,1H3;3-4H2,1-2H3,(H,8,10)(H,9,11). The van der Waals surface area contributed by atoms with Crippen LogP contribution in [0.25, 0.3) is 10.9 Å².